The number of imidazole rings is 1. The molecule has 2 atom stereocenters. The Bertz CT molecular complexity index is 852. The molecule has 1 saturated heterocycles. The summed E-state index contributed by atoms with van der Waals surface area (Å²) in [6, 6.07) is 4.22. The van der Waals surface area contributed by atoms with Crippen LogP contribution in [0.1, 0.15) is 36.3 Å². The van der Waals surface area contributed by atoms with E-state index in [1.807, 2.05) is 17.1 Å². The summed E-state index contributed by atoms with van der Waals surface area (Å²) in [5.41, 5.74) is 4.61. The molecule has 0 spiro atoms. The molecule has 0 amide bonds. The van der Waals surface area contributed by atoms with Gasteiger partial charge in [0.2, 0.25) is 0 Å². The molecule has 1 aliphatic heterocycles. The Morgan fingerprint density at radius 2 is 2.28 bits per heavy atom. The van der Waals surface area contributed by atoms with Crippen molar-refractivity contribution in [1.29, 1.82) is 0 Å². The van der Waals surface area contributed by atoms with Gasteiger partial charge in [-0.2, -0.15) is 5.10 Å². The fourth-order valence-electron chi connectivity index (χ4n) is 3.56. The molecule has 1 N–H and O–H groups in total. The number of pyridine rings is 1. The van der Waals surface area contributed by atoms with Crippen LogP contribution in [0.5, 0.6) is 0 Å². The number of nitrogens with zero attached hydrogens (tertiary/aromatic N) is 4. The van der Waals surface area contributed by atoms with Gasteiger partial charge < -0.3 is 14.5 Å². The van der Waals surface area contributed by atoms with Crippen molar-refractivity contribution in [3.05, 3.63) is 53.7 Å². The van der Waals surface area contributed by atoms with Gasteiger partial charge in [-0.05, 0) is 38.0 Å². The van der Waals surface area contributed by atoms with Gasteiger partial charge in [0.25, 0.3) is 0 Å². The summed E-state index contributed by atoms with van der Waals surface area (Å²) < 4.78 is 10.1. The van der Waals surface area contributed by atoms with E-state index in [2.05, 4.69) is 58.2 Å². The van der Waals surface area contributed by atoms with Crippen LogP contribution in [0.3, 0.4) is 0 Å². The molecule has 6 nitrogen and oxygen atoms in total. The van der Waals surface area contributed by atoms with Gasteiger partial charge in [0, 0.05) is 50.1 Å². The van der Waals surface area contributed by atoms with Crippen LogP contribution in [0.4, 0.5) is 0 Å². The Hall–Kier alpha value is -2.18. The van der Waals surface area contributed by atoms with E-state index in [9.17, 15) is 0 Å². The van der Waals surface area contributed by atoms with Crippen LogP contribution in [0.2, 0.25) is 0 Å². The second-order valence-corrected chi connectivity index (χ2v) is 6.78. The maximum atomic E-state index is 5.97. The molecule has 0 radical (unpaired) electrons. The van der Waals surface area contributed by atoms with Crippen LogP contribution in [0.25, 0.3) is 5.65 Å². The van der Waals surface area contributed by atoms with Gasteiger partial charge in [0.1, 0.15) is 5.65 Å². The number of fused-ring (bicyclic) bond motifs is 1. The zero-order valence-corrected chi connectivity index (χ0v) is 14.9. The molecule has 4 rings (SSSR count). The first-order chi connectivity index (χ1) is 12.2. The molecule has 3 aromatic rings. The zero-order valence-electron chi connectivity index (χ0n) is 14.9. The molecule has 0 unspecified atom stereocenters. The minimum Gasteiger partial charge on any atom is -0.373 e. The molecule has 1 aliphatic rings. The molecule has 0 aliphatic carbocycles. The van der Waals surface area contributed by atoms with Crippen LogP contribution >= 0.6 is 0 Å². The molecule has 0 bridgehead atoms. The normalized spacial score (nSPS) is 20.6. The molecule has 6 heteroatoms. The Morgan fingerprint density at radius 1 is 1.36 bits per heavy atom. The van der Waals surface area contributed by atoms with Crippen LogP contribution in [0, 0.1) is 12.8 Å². The molecular weight excluding hydrogens is 314 g/mol. The second kappa shape index (κ2) is 6.98. The number of hydrogen-bond donors (Lipinski definition) is 1. The summed E-state index contributed by atoms with van der Waals surface area (Å²) in [7, 11) is 0. The predicted molar refractivity (Wildman–Crippen MR) is 96.3 cm³/mol. The predicted octanol–water partition coefficient (Wildman–Crippen LogP) is 2.73. The summed E-state index contributed by atoms with van der Waals surface area (Å²) >= 11 is 0. The lowest BCUT2D eigenvalue weighted by Crippen LogP contribution is -2.25. The quantitative estimate of drug-likeness (QED) is 0.750. The van der Waals surface area contributed by atoms with Crippen molar-refractivity contribution >= 4 is 5.65 Å². The monoisotopic (exact) mass is 339 g/mol. The fraction of sp³-hybridized carbons (Fsp3) is 0.474. The number of aryl methyl sites for hydroxylation is 2. The maximum absolute atomic E-state index is 5.97. The van der Waals surface area contributed by atoms with Crippen LogP contribution in [-0.2, 0) is 17.8 Å². The number of aromatic nitrogens is 4. The minimum atomic E-state index is 0.151. The van der Waals surface area contributed by atoms with E-state index in [1.165, 1.54) is 16.8 Å². The molecule has 3 aromatic heterocycles. The summed E-state index contributed by atoms with van der Waals surface area (Å²) in [4.78, 5) is 4.49. The van der Waals surface area contributed by atoms with Gasteiger partial charge in [0.15, 0.2) is 0 Å². The standard InChI is InChI=1S/C19H25N5O/c1-3-23-13-16(10-22-23)19-15(5-7-25-19)9-20-11-17-12-21-18-8-14(2)4-6-24(17)18/h4,6,8,10,12-13,15,19-20H,3,5,7,9,11H2,1-2H3/t15-,19-/m1/s1. The summed E-state index contributed by atoms with van der Waals surface area (Å²) in [5.74, 6) is 0.482. The highest BCUT2D eigenvalue weighted by Gasteiger charge is 2.30. The Morgan fingerprint density at radius 3 is 3.12 bits per heavy atom. The summed E-state index contributed by atoms with van der Waals surface area (Å²) in [6.07, 6.45) is 9.33. The maximum Gasteiger partial charge on any atom is 0.137 e. The van der Waals surface area contributed by atoms with E-state index in [0.29, 0.717) is 5.92 Å². The lowest BCUT2D eigenvalue weighted by molar-refractivity contribution is 0.0903. The number of hydrogen-bond acceptors (Lipinski definition) is 4. The lowest BCUT2D eigenvalue weighted by atomic mass is 9.97. The van der Waals surface area contributed by atoms with Gasteiger partial charge >= 0.3 is 0 Å². The average molecular weight is 339 g/mol. The largest absolute Gasteiger partial charge is 0.373 e. The van der Waals surface area contributed by atoms with Crippen molar-refractivity contribution in [2.24, 2.45) is 5.92 Å². The smallest absolute Gasteiger partial charge is 0.137 e. The second-order valence-electron chi connectivity index (χ2n) is 6.78. The summed E-state index contributed by atoms with van der Waals surface area (Å²) in [6.45, 7) is 7.64. The third-order valence-electron chi connectivity index (χ3n) is 4.98. The van der Waals surface area contributed by atoms with Gasteiger partial charge in [-0.25, -0.2) is 4.98 Å². The first-order valence-electron chi connectivity index (χ1n) is 9.02. The summed E-state index contributed by atoms with van der Waals surface area (Å²) in [5, 5.41) is 7.97. The molecule has 132 valence electrons. The highest BCUT2D eigenvalue weighted by Crippen LogP contribution is 2.33. The average Bonchev–Trinajstić information content (AvgIpc) is 3.33. The Kier molecular flexibility index (Phi) is 4.55. The van der Waals surface area contributed by atoms with Crippen molar-refractivity contribution in [3.63, 3.8) is 0 Å². The van der Waals surface area contributed by atoms with Crippen molar-refractivity contribution in [1.82, 2.24) is 24.5 Å². The van der Waals surface area contributed by atoms with Gasteiger partial charge in [0.05, 0.1) is 24.2 Å². The van der Waals surface area contributed by atoms with Crippen molar-refractivity contribution in [2.75, 3.05) is 13.2 Å². The minimum absolute atomic E-state index is 0.151. The van der Waals surface area contributed by atoms with E-state index < -0.39 is 0 Å². The van der Waals surface area contributed by atoms with E-state index in [1.54, 1.807) is 0 Å². The topological polar surface area (TPSA) is 56.4 Å². The molecule has 25 heavy (non-hydrogen) atoms. The van der Waals surface area contributed by atoms with Gasteiger partial charge in [-0.3, -0.25) is 4.68 Å². The Balaban J connectivity index is 1.38. The third-order valence-corrected chi connectivity index (χ3v) is 4.98. The fourth-order valence-corrected chi connectivity index (χ4v) is 3.56. The highest BCUT2D eigenvalue weighted by atomic mass is 16.5. The Labute approximate surface area is 147 Å². The molecular formula is C19H25N5O. The molecule has 0 aromatic carbocycles. The van der Waals surface area contributed by atoms with E-state index in [0.717, 1.165) is 38.3 Å². The first kappa shape index (κ1) is 16.3. The van der Waals surface area contributed by atoms with Crippen LogP contribution in [0.15, 0.2) is 36.9 Å². The number of rotatable bonds is 6. The molecule has 4 heterocycles. The highest BCUT2D eigenvalue weighted by molar-refractivity contribution is 5.42. The van der Waals surface area contributed by atoms with Crippen molar-refractivity contribution in [3.8, 4) is 0 Å². The first-order valence-corrected chi connectivity index (χ1v) is 9.02. The van der Waals surface area contributed by atoms with E-state index in [-0.39, 0.29) is 6.10 Å². The van der Waals surface area contributed by atoms with E-state index >= 15 is 0 Å². The van der Waals surface area contributed by atoms with E-state index in [4.69, 9.17) is 4.74 Å². The van der Waals surface area contributed by atoms with Gasteiger partial charge in [-0.15, -0.1) is 0 Å². The van der Waals surface area contributed by atoms with Crippen molar-refractivity contribution in [2.45, 2.75) is 39.5 Å². The zero-order chi connectivity index (χ0) is 17.2. The van der Waals surface area contributed by atoms with Crippen LogP contribution in [-0.4, -0.2) is 32.3 Å². The van der Waals surface area contributed by atoms with Crippen LogP contribution < -0.4 is 5.32 Å². The van der Waals surface area contributed by atoms with Crippen molar-refractivity contribution < 1.29 is 4.74 Å². The van der Waals surface area contributed by atoms with Gasteiger partial charge in [-0.1, -0.05) is 0 Å². The molecule has 0 saturated carbocycles. The number of ether oxygens (including phenoxy) is 1. The SMILES string of the molecule is CCn1cc([C@@H]2OCC[C@@H]2CNCc2cnc3cc(C)ccn23)cn1. The molecule has 1 fully saturated rings. The number of nitrogens with one attached hydrogen (secondary N) is 1. The third kappa shape index (κ3) is 3.32. The lowest BCUT2D eigenvalue weighted by Gasteiger charge is -2.17.